The van der Waals surface area contributed by atoms with Crippen LogP contribution in [-0.2, 0) is 22.6 Å². The number of likely N-dealkylation sites (tertiary alicyclic amines) is 1. The lowest BCUT2D eigenvalue weighted by molar-refractivity contribution is -0.141. The number of esters is 1. The Bertz CT molecular complexity index is 525. The van der Waals surface area contributed by atoms with Crippen molar-refractivity contribution in [3.8, 4) is 0 Å². The molecule has 0 bridgehead atoms. The lowest BCUT2D eigenvalue weighted by Gasteiger charge is -2.32. The molecule has 0 aromatic carbocycles. The van der Waals surface area contributed by atoms with Gasteiger partial charge in [0, 0.05) is 20.1 Å². The molecular weight excluding hydrogens is 411 g/mol. The standard InChI is InChI=1S/C14H24N6O2.HI/c1-11-4-6-19(7-5-11)14(15-2)16-8-12-9-20(18-17-12)10-13(21)22-3;/h9,11H,4-8,10H2,1-3H3,(H,15,16);1H. The minimum atomic E-state index is -0.345. The minimum absolute atomic E-state index is 0. The summed E-state index contributed by atoms with van der Waals surface area (Å²) in [6.07, 6.45) is 4.11. The molecule has 23 heavy (non-hydrogen) atoms. The number of ether oxygens (including phenoxy) is 1. The third kappa shape index (κ3) is 5.96. The first kappa shape index (κ1) is 19.7. The van der Waals surface area contributed by atoms with E-state index in [-0.39, 0.29) is 36.5 Å². The molecule has 9 heteroatoms. The molecule has 1 aromatic heterocycles. The van der Waals surface area contributed by atoms with E-state index >= 15 is 0 Å². The highest BCUT2D eigenvalue weighted by Crippen LogP contribution is 2.15. The molecule has 0 spiro atoms. The highest BCUT2D eigenvalue weighted by Gasteiger charge is 2.18. The van der Waals surface area contributed by atoms with Gasteiger partial charge < -0.3 is 15.0 Å². The molecule has 1 fully saturated rings. The maximum atomic E-state index is 11.2. The van der Waals surface area contributed by atoms with Crippen LogP contribution in [0.15, 0.2) is 11.2 Å². The van der Waals surface area contributed by atoms with E-state index in [1.165, 1.54) is 24.6 Å². The number of carbonyl (C=O) groups is 1. The van der Waals surface area contributed by atoms with E-state index in [0.717, 1.165) is 30.7 Å². The molecule has 1 aliphatic heterocycles. The van der Waals surface area contributed by atoms with Gasteiger partial charge in [0.15, 0.2) is 5.96 Å². The van der Waals surface area contributed by atoms with Crippen molar-refractivity contribution in [3.63, 3.8) is 0 Å². The first-order valence-electron chi connectivity index (χ1n) is 7.53. The van der Waals surface area contributed by atoms with Gasteiger partial charge in [0.25, 0.3) is 0 Å². The molecule has 0 aliphatic carbocycles. The van der Waals surface area contributed by atoms with Crippen LogP contribution in [0, 0.1) is 5.92 Å². The smallest absolute Gasteiger partial charge is 0.327 e. The summed E-state index contributed by atoms with van der Waals surface area (Å²) in [6.45, 7) is 4.93. The number of hydrogen-bond donors (Lipinski definition) is 1. The molecular formula is C14H25IN6O2. The number of methoxy groups -OCH3 is 1. The Morgan fingerprint density at radius 3 is 2.78 bits per heavy atom. The number of aliphatic imine (C=N–C) groups is 1. The summed E-state index contributed by atoms with van der Waals surface area (Å²) in [5, 5.41) is 11.2. The van der Waals surface area contributed by atoms with E-state index in [9.17, 15) is 4.79 Å². The minimum Gasteiger partial charge on any atom is -0.468 e. The fraction of sp³-hybridized carbons (Fsp3) is 0.714. The summed E-state index contributed by atoms with van der Waals surface area (Å²) >= 11 is 0. The fourth-order valence-corrected chi connectivity index (χ4v) is 2.42. The van der Waals surface area contributed by atoms with Crippen molar-refractivity contribution in [2.45, 2.75) is 32.9 Å². The van der Waals surface area contributed by atoms with Gasteiger partial charge in [-0.25, -0.2) is 4.68 Å². The van der Waals surface area contributed by atoms with Crippen molar-refractivity contribution in [3.05, 3.63) is 11.9 Å². The number of hydrogen-bond acceptors (Lipinski definition) is 5. The van der Waals surface area contributed by atoms with Crippen molar-refractivity contribution >= 4 is 35.9 Å². The molecule has 0 amide bonds. The van der Waals surface area contributed by atoms with E-state index in [1.807, 2.05) is 0 Å². The third-order valence-electron chi connectivity index (χ3n) is 3.83. The second kappa shape index (κ2) is 9.68. The summed E-state index contributed by atoms with van der Waals surface area (Å²) in [6, 6.07) is 0. The molecule has 0 unspecified atom stereocenters. The summed E-state index contributed by atoms with van der Waals surface area (Å²) in [5.41, 5.74) is 0.760. The zero-order valence-electron chi connectivity index (χ0n) is 13.9. The number of rotatable bonds is 4. The van der Waals surface area contributed by atoms with E-state index < -0.39 is 0 Å². The van der Waals surface area contributed by atoms with Gasteiger partial charge in [0.05, 0.1) is 19.9 Å². The van der Waals surface area contributed by atoms with Crippen molar-refractivity contribution in [1.29, 1.82) is 0 Å². The van der Waals surface area contributed by atoms with Gasteiger partial charge in [-0.2, -0.15) is 0 Å². The summed E-state index contributed by atoms with van der Waals surface area (Å²) in [7, 11) is 3.14. The van der Waals surface area contributed by atoms with Gasteiger partial charge in [-0.05, 0) is 18.8 Å². The van der Waals surface area contributed by atoms with Gasteiger partial charge in [-0.15, -0.1) is 29.1 Å². The predicted molar refractivity (Wildman–Crippen MR) is 97.6 cm³/mol. The van der Waals surface area contributed by atoms with Crippen molar-refractivity contribution in [2.75, 3.05) is 27.2 Å². The molecule has 8 nitrogen and oxygen atoms in total. The van der Waals surface area contributed by atoms with Crippen LogP contribution in [0.2, 0.25) is 0 Å². The first-order valence-corrected chi connectivity index (χ1v) is 7.53. The summed E-state index contributed by atoms with van der Waals surface area (Å²) in [4.78, 5) is 17.8. The maximum Gasteiger partial charge on any atom is 0.327 e. The van der Waals surface area contributed by atoms with Crippen LogP contribution in [0.25, 0.3) is 0 Å². The molecule has 1 N–H and O–H groups in total. The molecule has 2 heterocycles. The van der Waals surface area contributed by atoms with Gasteiger partial charge in [-0.3, -0.25) is 9.79 Å². The highest BCUT2D eigenvalue weighted by atomic mass is 127. The van der Waals surface area contributed by atoms with Crippen LogP contribution in [0.4, 0.5) is 0 Å². The molecule has 2 rings (SSSR count). The summed E-state index contributed by atoms with van der Waals surface area (Å²) in [5.74, 6) is 1.32. The highest BCUT2D eigenvalue weighted by molar-refractivity contribution is 14.0. The zero-order chi connectivity index (χ0) is 15.9. The Balaban J connectivity index is 0.00000264. The van der Waals surface area contributed by atoms with Crippen molar-refractivity contribution in [1.82, 2.24) is 25.2 Å². The SMILES string of the molecule is CN=C(NCc1cn(CC(=O)OC)nn1)N1CCC(C)CC1.I. The Labute approximate surface area is 153 Å². The van der Waals surface area contributed by atoms with Crippen molar-refractivity contribution < 1.29 is 9.53 Å². The van der Waals surface area contributed by atoms with Gasteiger partial charge >= 0.3 is 5.97 Å². The number of piperidine rings is 1. The number of nitrogens with zero attached hydrogens (tertiary/aromatic N) is 5. The average molecular weight is 436 g/mol. The fourth-order valence-electron chi connectivity index (χ4n) is 2.42. The topological polar surface area (TPSA) is 84.6 Å². The molecule has 1 aromatic rings. The third-order valence-corrected chi connectivity index (χ3v) is 3.83. The van der Waals surface area contributed by atoms with E-state index in [4.69, 9.17) is 0 Å². The molecule has 0 saturated carbocycles. The van der Waals surface area contributed by atoms with Gasteiger partial charge in [0.2, 0.25) is 0 Å². The van der Waals surface area contributed by atoms with Crippen molar-refractivity contribution in [2.24, 2.45) is 10.9 Å². The molecule has 0 atom stereocenters. The number of guanidine groups is 1. The number of nitrogens with one attached hydrogen (secondary N) is 1. The van der Waals surface area contributed by atoms with Crippen LogP contribution < -0.4 is 5.32 Å². The van der Waals surface area contributed by atoms with Crippen LogP contribution in [-0.4, -0.2) is 59.1 Å². The Hall–Kier alpha value is -1.39. The lowest BCUT2D eigenvalue weighted by Crippen LogP contribution is -2.45. The lowest BCUT2D eigenvalue weighted by atomic mass is 10.00. The van der Waals surface area contributed by atoms with Crippen LogP contribution in [0.3, 0.4) is 0 Å². The molecule has 0 radical (unpaired) electrons. The second-order valence-electron chi connectivity index (χ2n) is 5.55. The van der Waals surface area contributed by atoms with Crippen LogP contribution in [0.1, 0.15) is 25.5 Å². The van der Waals surface area contributed by atoms with Gasteiger partial charge in [0.1, 0.15) is 12.2 Å². The predicted octanol–water partition coefficient (Wildman–Crippen LogP) is 0.876. The quantitative estimate of drug-likeness (QED) is 0.327. The zero-order valence-corrected chi connectivity index (χ0v) is 16.2. The maximum absolute atomic E-state index is 11.2. The van der Waals surface area contributed by atoms with E-state index in [0.29, 0.717) is 6.54 Å². The Kier molecular flexibility index (Phi) is 8.28. The molecule has 1 saturated heterocycles. The number of carbonyl (C=O) groups excluding carboxylic acids is 1. The number of aromatic nitrogens is 3. The average Bonchev–Trinajstić information content (AvgIpc) is 2.97. The Morgan fingerprint density at radius 2 is 2.17 bits per heavy atom. The largest absolute Gasteiger partial charge is 0.468 e. The van der Waals surface area contributed by atoms with Crippen LogP contribution >= 0.6 is 24.0 Å². The molecule has 1 aliphatic rings. The first-order chi connectivity index (χ1) is 10.6. The van der Waals surface area contributed by atoms with Gasteiger partial charge in [-0.1, -0.05) is 12.1 Å². The Morgan fingerprint density at radius 1 is 1.48 bits per heavy atom. The molecule has 130 valence electrons. The number of halogens is 1. The van der Waals surface area contributed by atoms with E-state index in [1.54, 1.807) is 13.2 Å². The van der Waals surface area contributed by atoms with E-state index in [2.05, 4.69) is 37.2 Å². The second-order valence-corrected chi connectivity index (χ2v) is 5.55. The van der Waals surface area contributed by atoms with Crippen LogP contribution in [0.5, 0.6) is 0 Å². The monoisotopic (exact) mass is 436 g/mol. The summed E-state index contributed by atoms with van der Waals surface area (Å²) < 4.78 is 6.06. The normalized spacial score (nSPS) is 16.0.